The van der Waals surface area contributed by atoms with E-state index in [-0.39, 0.29) is 0 Å². The summed E-state index contributed by atoms with van der Waals surface area (Å²) < 4.78 is 7.42. The second-order valence-corrected chi connectivity index (χ2v) is 4.04. The van der Waals surface area contributed by atoms with E-state index < -0.39 is 0 Å². The molecule has 0 unspecified atom stereocenters. The monoisotopic (exact) mass is 244 g/mol. The number of carbonyl (C=O) groups is 1. The van der Waals surface area contributed by atoms with E-state index in [0.29, 0.717) is 12.2 Å². The fourth-order valence-corrected chi connectivity index (χ4v) is 1.72. The van der Waals surface area contributed by atoms with E-state index in [1.165, 1.54) is 0 Å². The van der Waals surface area contributed by atoms with Gasteiger partial charge in [0.25, 0.3) is 0 Å². The summed E-state index contributed by atoms with van der Waals surface area (Å²) in [6.45, 7) is 3.29. The summed E-state index contributed by atoms with van der Waals surface area (Å²) in [7, 11) is 0. The van der Waals surface area contributed by atoms with Crippen LogP contribution in [0, 0.1) is 6.92 Å². The predicted molar refractivity (Wildman–Crippen MR) is 68.9 cm³/mol. The lowest BCUT2D eigenvalue weighted by atomic mass is 10.3. The number of aldehydes is 1. The molecule has 1 heterocycles. The van der Waals surface area contributed by atoms with Gasteiger partial charge in [-0.05, 0) is 19.1 Å². The number of benzene rings is 1. The van der Waals surface area contributed by atoms with Crippen LogP contribution >= 0.6 is 0 Å². The van der Waals surface area contributed by atoms with Gasteiger partial charge in [-0.15, -0.1) is 0 Å². The van der Waals surface area contributed by atoms with E-state index in [0.717, 1.165) is 30.7 Å². The minimum Gasteiger partial charge on any atom is -0.494 e. The second-order valence-electron chi connectivity index (χ2n) is 4.04. The smallest absolute Gasteiger partial charge is 0.153 e. The summed E-state index contributed by atoms with van der Waals surface area (Å²) in [5, 5.41) is 4.16. The van der Waals surface area contributed by atoms with Crippen molar-refractivity contribution in [1.82, 2.24) is 9.78 Å². The minimum atomic E-state index is 0.639. The van der Waals surface area contributed by atoms with Gasteiger partial charge in [0.05, 0.1) is 18.4 Å². The Balaban J connectivity index is 1.78. The zero-order valence-corrected chi connectivity index (χ0v) is 10.4. The fraction of sp³-hybridized carbons (Fsp3) is 0.286. The van der Waals surface area contributed by atoms with Gasteiger partial charge in [-0.1, -0.05) is 18.2 Å². The summed E-state index contributed by atoms with van der Waals surface area (Å²) >= 11 is 0. The normalized spacial score (nSPS) is 10.3. The van der Waals surface area contributed by atoms with Crippen LogP contribution in [-0.4, -0.2) is 22.7 Å². The number of carbonyl (C=O) groups excluding carboxylic acids is 1. The first kappa shape index (κ1) is 12.4. The van der Waals surface area contributed by atoms with E-state index in [1.54, 1.807) is 6.20 Å². The second kappa shape index (κ2) is 6.00. The SMILES string of the molecule is Cc1c(C=O)cnn1CCCOc1ccccc1. The summed E-state index contributed by atoms with van der Waals surface area (Å²) in [5.74, 6) is 0.878. The lowest BCUT2D eigenvalue weighted by molar-refractivity contribution is 0.112. The van der Waals surface area contributed by atoms with E-state index in [1.807, 2.05) is 41.9 Å². The number of aromatic nitrogens is 2. The minimum absolute atomic E-state index is 0.639. The molecule has 0 amide bonds. The van der Waals surface area contributed by atoms with Crippen molar-refractivity contribution in [3.8, 4) is 5.75 Å². The van der Waals surface area contributed by atoms with E-state index in [4.69, 9.17) is 4.74 Å². The van der Waals surface area contributed by atoms with Gasteiger partial charge in [0.1, 0.15) is 5.75 Å². The maximum Gasteiger partial charge on any atom is 0.153 e. The molecular weight excluding hydrogens is 228 g/mol. The van der Waals surface area contributed by atoms with Crippen LogP contribution in [0.5, 0.6) is 5.75 Å². The van der Waals surface area contributed by atoms with Crippen LogP contribution in [0.2, 0.25) is 0 Å². The maximum atomic E-state index is 10.7. The first-order valence-corrected chi connectivity index (χ1v) is 5.96. The molecule has 2 aromatic rings. The van der Waals surface area contributed by atoms with Gasteiger partial charge in [-0.3, -0.25) is 9.48 Å². The first-order chi connectivity index (χ1) is 8.81. The van der Waals surface area contributed by atoms with Crippen molar-refractivity contribution in [1.29, 1.82) is 0 Å². The fourth-order valence-electron chi connectivity index (χ4n) is 1.72. The lowest BCUT2D eigenvalue weighted by Gasteiger charge is -2.07. The van der Waals surface area contributed by atoms with Crippen molar-refractivity contribution in [3.05, 3.63) is 47.8 Å². The van der Waals surface area contributed by atoms with Gasteiger partial charge in [0.2, 0.25) is 0 Å². The molecule has 0 saturated carbocycles. The molecule has 4 heteroatoms. The molecule has 2 rings (SSSR count). The Kier molecular flexibility index (Phi) is 4.12. The van der Waals surface area contributed by atoms with Crippen molar-refractivity contribution < 1.29 is 9.53 Å². The Hall–Kier alpha value is -2.10. The van der Waals surface area contributed by atoms with Crippen LogP contribution in [0.4, 0.5) is 0 Å². The molecule has 18 heavy (non-hydrogen) atoms. The highest BCUT2D eigenvalue weighted by molar-refractivity contribution is 5.75. The molecule has 0 fully saturated rings. The number of ether oxygens (including phenoxy) is 1. The highest BCUT2D eigenvalue weighted by atomic mass is 16.5. The summed E-state index contributed by atoms with van der Waals surface area (Å²) in [6, 6.07) is 9.72. The van der Waals surface area contributed by atoms with Gasteiger partial charge in [0.15, 0.2) is 6.29 Å². The van der Waals surface area contributed by atoms with Crippen LogP contribution in [0.15, 0.2) is 36.5 Å². The van der Waals surface area contributed by atoms with Gasteiger partial charge in [-0.25, -0.2) is 0 Å². The van der Waals surface area contributed by atoms with Gasteiger partial charge in [0, 0.05) is 18.7 Å². The summed E-state index contributed by atoms with van der Waals surface area (Å²) in [6.07, 6.45) is 3.29. The molecule has 0 aliphatic rings. The Morgan fingerprint density at radius 3 is 2.78 bits per heavy atom. The van der Waals surface area contributed by atoms with E-state index in [2.05, 4.69) is 5.10 Å². The maximum absolute atomic E-state index is 10.7. The average Bonchev–Trinajstić information content (AvgIpc) is 2.77. The van der Waals surface area contributed by atoms with Crippen LogP contribution in [-0.2, 0) is 6.54 Å². The molecule has 0 atom stereocenters. The number of para-hydroxylation sites is 1. The predicted octanol–water partition coefficient (Wildman–Crippen LogP) is 2.47. The van der Waals surface area contributed by atoms with Crippen molar-refractivity contribution in [2.24, 2.45) is 0 Å². The van der Waals surface area contributed by atoms with Crippen molar-refractivity contribution in [2.45, 2.75) is 19.9 Å². The molecule has 4 nitrogen and oxygen atoms in total. The zero-order valence-electron chi connectivity index (χ0n) is 10.4. The summed E-state index contributed by atoms with van der Waals surface area (Å²) in [4.78, 5) is 10.7. The standard InChI is InChI=1S/C14H16N2O2/c1-12-13(11-17)10-15-16(12)8-5-9-18-14-6-3-2-4-7-14/h2-4,6-7,10-11H,5,8-9H2,1H3. The molecule has 0 aliphatic carbocycles. The topological polar surface area (TPSA) is 44.1 Å². The number of hydrogen-bond acceptors (Lipinski definition) is 3. The molecule has 0 bridgehead atoms. The largest absolute Gasteiger partial charge is 0.494 e. The van der Waals surface area contributed by atoms with Crippen molar-refractivity contribution in [2.75, 3.05) is 6.61 Å². The van der Waals surface area contributed by atoms with Crippen LogP contribution in [0.25, 0.3) is 0 Å². The molecule has 0 N–H and O–H groups in total. The molecule has 0 spiro atoms. The quantitative estimate of drug-likeness (QED) is 0.579. The third-order valence-electron chi connectivity index (χ3n) is 2.79. The Bertz CT molecular complexity index is 506. The van der Waals surface area contributed by atoms with Crippen LogP contribution < -0.4 is 4.74 Å². The molecule has 94 valence electrons. The average molecular weight is 244 g/mol. The van der Waals surface area contributed by atoms with Gasteiger partial charge in [-0.2, -0.15) is 5.10 Å². The van der Waals surface area contributed by atoms with Crippen LogP contribution in [0.3, 0.4) is 0 Å². The van der Waals surface area contributed by atoms with Crippen molar-refractivity contribution in [3.63, 3.8) is 0 Å². The highest BCUT2D eigenvalue weighted by Gasteiger charge is 2.04. The first-order valence-electron chi connectivity index (χ1n) is 5.96. The molecular formula is C14H16N2O2. The number of hydrogen-bond donors (Lipinski definition) is 0. The Labute approximate surface area is 106 Å². The molecule has 1 aromatic heterocycles. The van der Waals surface area contributed by atoms with Crippen molar-refractivity contribution >= 4 is 6.29 Å². The molecule has 0 radical (unpaired) electrons. The number of aryl methyl sites for hydroxylation is 1. The molecule has 0 saturated heterocycles. The Morgan fingerprint density at radius 2 is 2.11 bits per heavy atom. The number of nitrogens with zero attached hydrogens (tertiary/aromatic N) is 2. The summed E-state index contributed by atoms with van der Waals surface area (Å²) in [5.41, 5.74) is 1.56. The number of rotatable bonds is 6. The lowest BCUT2D eigenvalue weighted by Crippen LogP contribution is -2.07. The van der Waals surface area contributed by atoms with Gasteiger partial charge < -0.3 is 4.74 Å². The van der Waals surface area contributed by atoms with Gasteiger partial charge >= 0.3 is 0 Å². The van der Waals surface area contributed by atoms with Crippen LogP contribution in [0.1, 0.15) is 22.5 Å². The van der Waals surface area contributed by atoms with E-state index >= 15 is 0 Å². The van der Waals surface area contributed by atoms with E-state index in [9.17, 15) is 4.79 Å². The molecule has 1 aromatic carbocycles. The Morgan fingerprint density at radius 1 is 1.33 bits per heavy atom. The molecule has 0 aliphatic heterocycles. The highest BCUT2D eigenvalue weighted by Crippen LogP contribution is 2.09. The zero-order chi connectivity index (χ0) is 12.8. The third kappa shape index (κ3) is 2.97. The third-order valence-corrected chi connectivity index (χ3v) is 2.79.